The monoisotopic (exact) mass is 463 g/mol. The molecule has 1 aliphatic rings. The van der Waals surface area contributed by atoms with Crippen molar-refractivity contribution in [3.8, 4) is 17.7 Å². The van der Waals surface area contributed by atoms with E-state index in [0.717, 1.165) is 43.4 Å². The molecule has 33 heavy (non-hydrogen) atoms. The fourth-order valence-electron chi connectivity index (χ4n) is 4.48. The van der Waals surface area contributed by atoms with Gasteiger partial charge in [0.1, 0.15) is 11.8 Å². The van der Waals surface area contributed by atoms with Crippen molar-refractivity contribution in [1.82, 2.24) is 19.4 Å². The van der Waals surface area contributed by atoms with Gasteiger partial charge in [-0.25, -0.2) is 9.37 Å². The second kappa shape index (κ2) is 8.89. The number of H-pyrrole nitrogens is 1. The van der Waals surface area contributed by atoms with Crippen LogP contribution >= 0.6 is 11.6 Å². The summed E-state index contributed by atoms with van der Waals surface area (Å²) in [6.45, 7) is 4.95. The van der Waals surface area contributed by atoms with Crippen molar-refractivity contribution in [3.63, 3.8) is 0 Å². The zero-order valence-electron chi connectivity index (χ0n) is 18.2. The van der Waals surface area contributed by atoms with Gasteiger partial charge >= 0.3 is 0 Å². The van der Waals surface area contributed by atoms with Crippen LogP contribution in [0.4, 0.5) is 4.39 Å². The molecule has 6 nitrogen and oxygen atoms in total. The number of piperidine rings is 1. The maximum Gasteiger partial charge on any atom is 0.237 e. The molecular formula is C25H23ClFN5O. The zero-order valence-corrected chi connectivity index (χ0v) is 18.9. The Kier molecular flexibility index (Phi) is 5.79. The minimum Gasteiger partial charge on any atom is -0.434 e. The minimum atomic E-state index is -0.512. The maximum atomic E-state index is 14.0. The molecule has 1 aliphatic heterocycles. The van der Waals surface area contributed by atoms with E-state index in [0.29, 0.717) is 22.6 Å². The topological polar surface area (TPSA) is 69.9 Å². The van der Waals surface area contributed by atoms with E-state index >= 15 is 0 Å². The number of ether oxygens (including phenoxy) is 1. The van der Waals surface area contributed by atoms with Crippen LogP contribution in [-0.4, -0.2) is 32.5 Å². The molecule has 3 heterocycles. The van der Waals surface area contributed by atoms with E-state index in [9.17, 15) is 4.39 Å². The van der Waals surface area contributed by atoms with Gasteiger partial charge in [0.15, 0.2) is 11.6 Å². The average Bonchev–Trinajstić information content (AvgIpc) is 3.45. The van der Waals surface area contributed by atoms with Crippen LogP contribution in [0.25, 0.3) is 10.9 Å². The zero-order chi connectivity index (χ0) is 22.9. The minimum absolute atomic E-state index is 0.108. The van der Waals surface area contributed by atoms with Crippen LogP contribution in [0.2, 0.25) is 5.02 Å². The number of nitrogens with one attached hydrogen (secondary N) is 1. The Morgan fingerprint density at radius 2 is 2.06 bits per heavy atom. The van der Waals surface area contributed by atoms with E-state index in [-0.39, 0.29) is 5.75 Å². The molecule has 0 aliphatic carbocycles. The second-order valence-electron chi connectivity index (χ2n) is 8.45. The Balaban J connectivity index is 1.21. The molecule has 168 valence electrons. The van der Waals surface area contributed by atoms with E-state index < -0.39 is 5.82 Å². The molecule has 8 heteroatoms. The first-order valence-electron chi connectivity index (χ1n) is 10.9. The van der Waals surface area contributed by atoms with Gasteiger partial charge in [-0.3, -0.25) is 4.90 Å². The Labute approximate surface area is 196 Å². The SMILES string of the molecule is Cc1c(CN2CCC(n3cnc(Oc4ccc(Cl)cc4F)c3)CC2)ccc2[nH]c(C#N)cc12. The summed E-state index contributed by atoms with van der Waals surface area (Å²) in [5.41, 5.74) is 4.10. The largest absolute Gasteiger partial charge is 0.434 e. The Bertz CT molecular complexity index is 1350. The highest BCUT2D eigenvalue weighted by Gasteiger charge is 2.22. The highest BCUT2D eigenvalue weighted by molar-refractivity contribution is 6.30. The van der Waals surface area contributed by atoms with Gasteiger partial charge in [0.2, 0.25) is 5.88 Å². The molecule has 5 rings (SSSR count). The molecule has 1 N–H and O–H groups in total. The van der Waals surface area contributed by atoms with Gasteiger partial charge < -0.3 is 14.3 Å². The third-order valence-corrected chi connectivity index (χ3v) is 6.60. The number of halogens is 2. The van der Waals surface area contributed by atoms with Crippen molar-refractivity contribution in [2.75, 3.05) is 13.1 Å². The van der Waals surface area contributed by atoms with Crippen LogP contribution in [0.5, 0.6) is 11.6 Å². The summed E-state index contributed by atoms with van der Waals surface area (Å²) < 4.78 is 21.6. The van der Waals surface area contributed by atoms with Crippen LogP contribution in [-0.2, 0) is 6.54 Å². The van der Waals surface area contributed by atoms with Crippen LogP contribution < -0.4 is 4.74 Å². The Morgan fingerprint density at radius 1 is 1.24 bits per heavy atom. The van der Waals surface area contributed by atoms with E-state index in [1.807, 2.05) is 12.3 Å². The van der Waals surface area contributed by atoms with Crippen LogP contribution in [0, 0.1) is 24.1 Å². The summed E-state index contributed by atoms with van der Waals surface area (Å²) in [5.74, 6) is -0.0377. The lowest BCUT2D eigenvalue weighted by Crippen LogP contribution is -2.34. The first kappa shape index (κ1) is 21.5. The van der Waals surface area contributed by atoms with Gasteiger partial charge in [-0.1, -0.05) is 17.7 Å². The highest BCUT2D eigenvalue weighted by atomic mass is 35.5. The molecule has 0 atom stereocenters. The highest BCUT2D eigenvalue weighted by Crippen LogP contribution is 2.30. The van der Waals surface area contributed by atoms with Gasteiger partial charge in [-0.2, -0.15) is 5.26 Å². The van der Waals surface area contributed by atoms with Gasteiger partial charge in [-0.05, 0) is 61.2 Å². The van der Waals surface area contributed by atoms with Crippen LogP contribution in [0.3, 0.4) is 0 Å². The van der Waals surface area contributed by atoms with Crippen molar-refractivity contribution in [1.29, 1.82) is 5.26 Å². The molecule has 0 saturated carbocycles. The molecule has 4 aromatic rings. The van der Waals surface area contributed by atoms with Gasteiger partial charge in [-0.15, -0.1) is 0 Å². The summed E-state index contributed by atoms with van der Waals surface area (Å²) in [6.07, 6.45) is 5.57. The molecule has 1 fully saturated rings. The fraction of sp³-hybridized carbons (Fsp3) is 0.280. The molecule has 0 amide bonds. The van der Waals surface area contributed by atoms with Crippen molar-refractivity contribution in [2.45, 2.75) is 32.4 Å². The number of benzene rings is 2. The molecule has 1 saturated heterocycles. The molecule has 0 unspecified atom stereocenters. The van der Waals surface area contributed by atoms with Crippen molar-refractivity contribution >= 4 is 22.5 Å². The number of aryl methyl sites for hydroxylation is 1. The first-order valence-corrected chi connectivity index (χ1v) is 11.3. The summed E-state index contributed by atoms with van der Waals surface area (Å²) in [4.78, 5) is 9.89. The number of likely N-dealkylation sites (tertiary alicyclic amines) is 1. The van der Waals surface area contributed by atoms with E-state index in [1.54, 1.807) is 12.4 Å². The number of nitrogens with zero attached hydrogens (tertiary/aromatic N) is 4. The number of aromatic amines is 1. The molecule has 0 bridgehead atoms. The van der Waals surface area contributed by atoms with E-state index in [4.69, 9.17) is 21.6 Å². The summed E-state index contributed by atoms with van der Waals surface area (Å²) in [7, 11) is 0. The summed E-state index contributed by atoms with van der Waals surface area (Å²) in [6, 6.07) is 13.0. The van der Waals surface area contributed by atoms with Crippen molar-refractivity contribution < 1.29 is 9.13 Å². The average molecular weight is 464 g/mol. The van der Waals surface area contributed by atoms with Gasteiger partial charge in [0.25, 0.3) is 0 Å². The number of hydrogen-bond acceptors (Lipinski definition) is 4. The lowest BCUT2D eigenvalue weighted by molar-refractivity contribution is 0.179. The first-order chi connectivity index (χ1) is 16.0. The Hall–Kier alpha value is -3.34. The molecule has 2 aromatic carbocycles. The Morgan fingerprint density at radius 3 is 2.82 bits per heavy atom. The standard InChI is InChI=1S/C25H23ClFN5O/c1-16-17(2-4-23-21(16)11-19(12-28)30-23)13-31-8-6-20(7-9-31)32-14-25(29-15-32)33-24-5-3-18(26)10-22(24)27/h2-5,10-11,14-15,20,30H,6-9,13H2,1H3. The van der Waals surface area contributed by atoms with Crippen LogP contribution in [0.1, 0.15) is 35.7 Å². The molecular weight excluding hydrogens is 441 g/mol. The van der Waals surface area contributed by atoms with Gasteiger partial charge in [0, 0.05) is 41.6 Å². The number of fused-ring (bicyclic) bond motifs is 1. The molecule has 0 spiro atoms. The van der Waals surface area contributed by atoms with E-state index in [1.165, 1.54) is 23.3 Å². The number of hydrogen-bond donors (Lipinski definition) is 1. The van der Waals surface area contributed by atoms with Crippen molar-refractivity contribution in [2.24, 2.45) is 0 Å². The second-order valence-corrected chi connectivity index (χ2v) is 8.89. The lowest BCUT2D eigenvalue weighted by atomic mass is 10.0. The number of imidazole rings is 1. The quantitative estimate of drug-likeness (QED) is 0.396. The number of aromatic nitrogens is 3. The van der Waals surface area contributed by atoms with Gasteiger partial charge in [0.05, 0.1) is 12.5 Å². The molecule has 0 radical (unpaired) electrons. The lowest BCUT2D eigenvalue weighted by Gasteiger charge is -2.32. The van der Waals surface area contributed by atoms with Crippen molar-refractivity contribution in [3.05, 3.63) is 76.6 Å². The van der Waals surface area contributed by atoms with Crippen LogP contribution in [0.15, 0.2) is 48.9 Å². The third-order valence-electron chi connectivity index (χ3n) is 6.36. The molecule has 2 aromatic heterocycles. The third kappa shape index (κ3) is 4.45. The van der Waals surface area contributed by atoms with E-state index in [2.05, 4.69) is 44.6 Å². The summed E-state index contributed by atoms with van der Waals surface area (Å²) in [5, 5.41) is 10.6. The maximum absolute atomic E-state index is 14.0. The number of nitriles is 1. The predicted molar refractivity (Wildman–Crippen MR) is 125 cm³/mol. The smallest absolute Gasteiger partial charge is 0.237 e. The fourth-order valence-corrected chi connectivity index (χ4v) is 4.64. The predicted octanol–water partition coefficient (Wildman–Crippen LogP) is 5.97. The number of rotatable bonds is 5. The normalized spacial score (nSPS) is 15.1. The summed E-state index contributed by atoms with van der Waals surface area (Å²) >= 11 is 5.80.